The number of nitriles is 1. The molecule has 0 aliphatic heterocycles. The second-order valence-corrected chi connectivity index (χ2v) is 7.73. The highest BCUT2D eigenvalue weighted by Crippen LogP contribution is 2.17. The number of carboxylic acids is 3. The molecule has 31 heavy (non-hydrogen) atoms. The van der Waals surface area contributed by atoms with Gasteiger partial charge >= 0.3 is 17.9 Å². The lowest BCUT2D eigenvalue weighted by Gasteiger charge is -2.28. The zero-order valence-corrected chi connectivity index (χ0v) is 18.3. The fourth-order valence-corrected chi connectivity index (χ4v) is 3.32. The maximum absolute atomic E-state index is 11.3. The quantitative estimate of drug-likeness (QED) is 0.243. The van der Waals surface area contributed by atoms with Crippen LogP contribution in [0.5, 0.6) is 0 Å². The number of thiocyanates is 1. The Hall–Kier alpha value is -2.65. The zero-order valence-electron chi connectivity index (χ0n) is 17.4. The third-order valence-corrected chi connectivity index (χ3v) is 5.08. The monoisotopic (exact) mass is 452 g/mol. The number of likely N-dealkylation sites (N-methyl/N-ethyl adjacent to an activating group) is 1. The number of nitrogens with zero attached hydrogens (tertiary/aromatic N) is 4. The first-order chi connectivity index (χ1) is 14.7. The van der Waals surface area contributed by atoms with Crippen molar-refractivity contribution in [3.8, 4) is 5.40 Å². The number of hydrogen-bond acceptors (Lipinski definition) is 8. The molecule has 0 fully saturated rings. The predicted molar refractivity (Wildman–Crippen MR) is 115 cm³/mol. The van der Waals surface area contributed by atoms with Crippen molar-refractivity contribution in [3.05, 3.63) is 29.8 Å². The average molecular weight is 453 g/mol. The molecule has 10 nitrogen and oxygen atoms in total. The summed E-state index contributed by atoms with van der Waals surface area (Å²) in [6, 6.07) is 7.24. The van der Waals surface area contributed by atoms with Crippen LogP contribution in [-0.4, -0.2) is 100 Å². The Labute approximate surface area is 185 Å². The van der Waals surface area contributed by atoms with Crippen LogP contribution < -0.4 is 0 Å². The van der Waals surface area contributed by atoms with E-state index in [4.69, 9.17) is 10.4 Å². The van der Waals surface area contributed by atoms with Gasteiger partial charge in [-0.15, -0.1) is 0 Å². The van der Waals surface area contributed by atoms with Crippen LogP contribution >= 0.6 is 11.8 Å². The van der Waals surface area contributed by atoms with Gasteiger partial charge in [0.1, 0.15) is 5.40 Å². The van der Waals surface area contributed by atoms with Crippen LogP contribution in [0.1, 0.15) is 12.5 Å². The van der Waals surface area contributed by atoms with Crippen LogP contribution in [0.3, 0.4) is 0 Å². The van der Waals surface area contributed by atoms with Crippen LogP contribution in [-0.2, 0) is 20.9 Å². The van der Waals surface area contributed by atoms with Gasteiger partial charge in [-0.1, -0.05) is 19.1 Å². The Morgan fingerprint density at radius 1 is 0.839 bits per heavy atom. The maximum Gasteiger partial charge on any atom is 0.317 e. The van der Waals surface area contributed by atoms with Gasteiger partial charge < -0.3 is 15.3 Å². The summed E-state index contributed by atoms with van der Waals surface area (Å²) < 4.78 is 0. The normalized spacial score (nSPS) is 11.1. The summed E-state index contributed by atoms with van der Waals surface area (Å²) in [5.74, 6) is -2.94. The van der Waals surface area contributed by atoms with E-state index in [0.29, 0.717) is 39.3 Å². The van der Waals surface area contributed by atoms with E-state index in [1.54, 1.807) is 26.8 Å². The summed E-state index contributed by atoms with van der Waals surface area (Å²) in [5, 5.41) is 38.1. The number of thioether (sulfide) groups is 1. The molecule has 0 radical (unpaired) electrons. The molecule has 11 heteroatoms. The SMILES string of the molecule is CCN(CCN(CCN(CC(=O)O)Cc1ccc(SC#N)cc1)CC(=O)O)CC(=O)O. The zero-order chi connectivity index (χ0) is 23.2. The molecule has 0 atom stereocenters. The molecule has 0 aliphatic rings. The lowest BCUT2D eigenvalue weighted by Crippen LogP contribution is -2.43. The smallest absolute Gasteiger partial charge is 0.317 e. The topological polar surface area (TPSA) is 145 Å². The lowest BCUT2D eigenvalue weighted by atomic mass is 10.2. The Morgan fingerprint density at radius 3 is 1.77 bits per heavy atom. The molecule has 0 aliphatic carbocycles. The van der Waals surface area contributed by atoms with Gasteiger partial charge in [0, 0.05) is 37.6 Å². The molecule has 1 rings (SSSR count). The molecule has 0 saturated carbocycles. The molecular weight excluding hydrogens is 424 g/mol. The summed E-state index contributed by atoms with van der Waals surface area (Å²) in [6.45, 7) is 3.60. The van der Waals surface area contributed by atoms with Crippen molar-refractivity contribution in [3.63, 3.8) is 0 Å². The number of hydrogen-bond donors (Lipinski definition) is 3. The molecule has 0 bridgehead atoms. The summed E-state index contributed by atoms with van der Waals surface area (Å²) in [7, 11) is 0. The van der Waals surface area contributed by atoms with E-state index in [1.807, 2.05) is 24.5 Å². The molecule has 170 valence electrons. The summed E-state index contributed by atoms with van der Waals surface area (Å²) in [5.41, 5.74) is 0.881. The first-order valence-electron chi connectivity index (χ1n) is 9.70. The molecule has 0 unspecified atom stereocenters. The van der Waals surface area contributed by atoms with Crippen molar-refractivity contribution < 1.29 is 29.7 Å². The van der Waals surface area contributed by atoms with Gasteiger partial charge in [-0.25, -0.2) is 0 Å². The third kappa shape index (κ3) is 12.0. The molecule has 3 N–H and O–H groups in total. The molecule has 1 aromatic carbocycles. The second-order valence-electron chi connectivity index (χ2n) is 6.87. The van der Waals surface area contributed by atoms with Crippen molar-refractivity contribution in [1.82, 2.24) is 14.7 Å². The molecule has 0 spiro atoms. The highest BCUT2D eigenvalue weighted by molar-refractivity contribution is 8.03. The minimum Gasteiger partial charge on any atom is -0.480 e. The summed E-state index contributed by atoms with van der Waals surface area (Å²) >= 11 is 1.04. The molecular formula is C20H28N4O6S. The van der Waals surface area contributed by atoms with E-state index in [1.165, 1.54) is 0 Å². The number of carboxylic acid groups (broad SMARTS) is 3. The molecule has 0 saturated heterocycles. The highest BCUT2D eigenvalue weighted by Gasteiger charge is 2.16. The minimum absolute atomic E-state index is 0.122. The first kappa shape index (κ1) is 26.4. The fraction of sp³-hybridized carbons (Fsp3) is 0.500. The van der Waals surface area contributed by atoms with Gasteiger partial charge in [0.05, 0.1) is 19.6 Å². The number of aliphatic carboxylic acids is 3. The van der Waals surface area contributed by atoms with Gasteiger partial charge in [-0.3, -0.25) is 29.1 Å². The number of carbonyl (C=O) groups is 3. The van der Waals surface area contributed by atoms with Crippen LogP contribution in [0.15, 0.2) is 29.2 Å². The Balaban J connectivity index is 2.73. The Kier molecular flexibility index (Phi) is 12.2. The van der Waals surface area contributed by atoms with Crippen molar-refractivity contribution in [2.75, 3.05) is 52.4 Å². The van der Waals surface area contributed by atoms with E-state index in [9.17, 15) is 24.6 Å². The van der Waals surface area contributed by atoms with E-state index >= 15 is 0 Å². The van der Waals surface area contributed by atoms with E-state index in [0.717, 1.165) is 22.2 Å². The van der Waals surface area contributed by atoms with Crippen molar-refractivity contribution in [1.29, 1.82) is 5.26 Å². The Morgan fingerprint density at radius 2 is 1.29 bits per heavy atom. The fourth-order valence-electron chi connectivity index (χ4n) is 2.95. The largest absolute Gasteiger partial charge is 0.480 e. The molecule has 0 heterocycles. The van der Waals surface area contributed by atoms with Crippen LogP contribution in [0.2, 0.25) is 0 Å². The molecule has 1 aromatic rings. The second kappa shape index (κ2) is 14.4. The van der Waals surface area contributed by atoms with Gasteiger partial charge in [-0.2, -0.15) is 5.26 Å². The highest BCUT2D eigenvalue weighted by atomic mass is 32.2. The van der Waals surface area contributed by atoms with Crippen molar-refractivity contribution in [2.24, 2.45) is 0 Å². The first-order valence-corrected chi connectivity index (χ1v) is 10.5. The Bertz CT molecular complexity index is 768. The summed E-state index contributed by atoms with van der Waals surface area (Å²) in [6.07, 6.45) is 0. The van der Waals surface area contributed by atoms with E-state index < -0.39 is 17.9 Å². The molecule has 0 aromatic heterocycles. The van der Waals surface area contributed by atoms with Gasteiger partial charge in [0.2, 0.25) is 0 Å². The van der Waals surface area contributed by atoms with Crippen LogP contribution in [0, 0.1) is 10.7 Å². The van der Waals surface area contributed by atoms with Gasteiger partial charge in [-0.05, 0) is 36.0 Å². The predicted octanol–water partition coefficient (Wildman–Crippen LogP) is 0.939. The average Bonchev–Trinajstić information content (AvgIpc) is 2.69. The minimum atomic E-state index is -1.00. The summed E-state index contributed by atoms with van der Waals surface area (Å²) in [4.78, 5) is 39.3. The van der Waals surface area contributed by atoms with Crippen LogP contribution in [0.25, 0.3) is 0 Å². The molecule has 0 amide bonds. The lowest BCUT2D eigenvalue weighted by molar-refractivity contribution is -0.140. The maximum atomic E-state index is 11.3. The third-order valence-electron chi connectivity index (χ3n) is 4.48. The standard InChI is InChI=1S/C20H28N4O6S/c1-2-22(12-18(25)26)7-8-23(13-19(27)28)9-10-24(14-20(29)30)11-16-3-5-17(6-4-16)31-15-21/h3-6H,2,7-14H2,1H3,(H,25,26)(H,27,28)(H,29,30). The number of benzene rings is 1. The van der Waals surface area contributed by atoms with Crippen LogP contribution in [0.4, 0.5) is 0 Å². The van der Waals surface area contributed by atoms with Crippen molar-refractivity contribution in [2.45, 2.75) is 18.4 Å². The van der Waals surface area contributed by atoms with Gasteiger partial charge in [0.25, 0.3) is 0 Å². The van der Waals surface area contributed by atoms with Gasteiger partial charge in [0.15, 0.2) is 0 Å². The van der Waals surface area contributed by atoms with Crippen molar-refractivity contribution >= 4 is 29.7 Å². The number of rotatable bonds is 16. The van der Waals surface area contributed by atoms with E-state index in [-0.39, 0.29) is 19.6 Å². The van der Waals surface area contributed by atoms with E-state index in [2.05, 4.69) is 0 Å².